The van der Waals surface area contributed by atoms with Crippen molar-refractivity contribution in [2.24, 2.45) is 11.8 Å². The number of carbonyl (C=O) groups is 2. The van der Waals surface area contributed by atoms with E-state index in [1.165, 1.54) is 6.08 Å². The third-order valence-corrected chi connectivity index (χ3v) is 5.44. The molecule has 1 aliphatic rings. The number of allylic oxidation sites excluding steroid dienone is 2. The molecule has 2 rings (SSSR count). The molecule has 0 spiro atoms. The molecule has 9 heteroatoms. The molecular weight excluding hydrogens is 436 g/mol. The van der Waals surface area contributed by atoms with Crippen molar-refractivity contribution in [1.29, 1.82) is 0 Å². The number of hydrogen-bond donors (Lipinski definition) is 4. The third-order valence-electron chi connectivity index (χ3n) is 5.44. The van der Waals surface area contributed by atoms with E-state index in [1.807, 2.05) is 6.08 Å². The van der Waals surface area contributed by atoms with Gasteiger partial charge in [-0.3, -0.25) is 9.59 Å². The van der Waals surface area contributed by atoms with Gasteiger partial charge in [0.25, 0.3) is 5.92 Å². The van der Waals surface area contributed by atoms with E-state index >= 15 is 0 Å². The minimum Gasteiger partial charge on any atom is -0.487 e. The van der Waals surface area contributed by atoms with E-state index in [0.717, 1.165) is 6.08 Å². The normalized spacial score (nSPS) is 23.3. The summed E-state index contributed by atoms with van der Waals surface area (Å²) in [5.74, 6) is -5.37. The average molecular weight is 468 g/mol. The van der Waals surface area contributed by atoms with Gasteiger partial charge in [0.15, 0.2) is 6.61 Å². The molecular formula is C24H31F2NO6. The Bertz CT molecular complexity index is 814. The van der Waals surface area contributed by atoms with Crippen molar-refractivity contribution in [2.75, 3.05) is 13.2 Å². The first-order valence-electron chi connectivity index (χ1n) is 10.9. The van der Waals surface area contributed by atoms with Crippen LogP contribution in [0, 0.1) is 11.8 Å². The summed E-state index contributed by atoms with van der Waals surface area (Å²) in [4.78, 5) is 21.9. The Hall–Kier alpha value is -2.78. The fraction of sp³-hybridized carbons (Fsp3) is 0.500. The van der Waals surface area contributed by atoms with E-state index in [4.69, 9.17) is 9.84 Å². The lowest BCUT2D eigenvalue weighted by atomic mass is 9.89. The lowest BCUT2D eigenvalue weighted by Crippen LogP contribution is -2.28. The van der Waals surface area contributed by atoms with Crippen LogP contribution in [0.3, 0.4) is 0 Å². The molecule has 7 nitrogen and oxygen atoms in total. The number of aliphatic hydroxyl groups is 2. The SMILES string of the molecule is O=C(O)CNC(=O)CCC/C=C\C[C@@H]1[C@@H](/C=C/C(F)(F)COc2ccccc2)[C@H](O)C[C@@H]1O. The number of carboxylic acids is 1. The summed E-state index contributed by atoms with van der Waals surface area (Å²) < 4.78 is 33.6. The Balaban J connectivity index is 1.81. The summed E-state index contributed by atoms with van der Waals surface area (Å²) in [6, 6.07) is 8.30. The highest BCUT2D eigenvalue weighted by molar-refractivity contribution is 5.80. The maximum absolute atomic E-state index is 14.2. The van der Waals surface area contributed by atoms with E-state index < -0.39 is 49.1 Å². The number of amides is 1. The predicted octanol–water partition coefficient (Wildman–Crippen LogP) is 2.93. The molecule has 1 aliphatic carbocycles. The molecule has 1 saturated carbocycles. The quantitative estimate of drug-likeness (QED) is 0.262. The van der Waals surface area contributed by atoms with Gasteiger partial charge in [-0.1, -0.05) is 36.4 Å². The fourth-order valence-corrected chi connectivity index (χ4v) is 3.72. The Morgan fingerprint density at radius 3 is 2.58 bits per heavy atom. The monoisotopic (exact) mass is 467 g/mol. The van der Waals surface area contributed by atoms with Gasteiger partial charge in [-0.25, -0.2) is 0 Å². The number of rotatable bonds is 13. The number of hydrogen-bond acceptors (Lipinski definition) is 5. The summed E-state index contributed by atoms with van der Waals surface area (Å²) >= 11 is 0. The van der Waals surface area contributed by atoms with Crippen molar-refractivity contribution in [3.8, 4) is 5.75 Å². The standard InChI is InChI=1S/C24H31F2NO6/c25-24(26,16-33-17-8-4-3-5-9-17)13-12-19-18(20(28)14-21(19)29)10-6-1-2-7-11-22(30)27-15-23(31)32/h1,3-6,8-9,12-13,18-21,28-29H,2,7,10-11,14-16H2,(H,27,30)(H,31,32)/b6-1-,13-12+/t18-,19-,20+,21-/m1/s1. The minimum absolute atomic E-state index is 0.114. The molecule has 0 aliphatic heterocycles. The number of carbonyl (C=O) groups excluding carboxylic acids is 1. The van der Waals surface area contributed by atoms with Gasteiger partial charge < -0.3 is 25.4 Å². The number of halogens is 2. The molecule has 1 fully saturated rings. The number of aliphatic hydroxyl groups excluding tert-OH is 2. The third kappa shape index (κ3) is 9.71. The van der Waals surface area contributed by atoms with Crippen LogP contribution in [0.1, 0.15) is 32.1 Å². The second-order valence-electron chi connectivity index (χ2n) is 8.10. The number of carboxylic acid groups (broad SMARTS) is 1. The topological polar surface area (TPSA) is 116 Å². The molecule has 4 atom stereocenters. The van der Waals surface area contributed by atoms with Crippen molar-refractivity contribution < 1.29 is 38.4 Å². The van der Waals surface area contributed by atoms with Crippen molar-refractivity contribution in [3.63, 3.8) is 0 Å². The van der Waals surface area contributed by atoms with Gasteiger partial charge in [0.1, 0.15) is 12.3 Å². The number of nitrogens with one attached hydrogen (secondary N) is 1. The van der Waals surface area contributed by atoms with Crippen LogP contribution in [0.4, 0.5) is 8.78 Å². The maximum Gasteiger partial charge on any atom is 0.322 e. The van der Waals surface area contributed by atoms with E-state index in [9.17, 15) is 28.6 Å². The Morgan fingerprint density at radius 1 is 1.15 bits per heavy atom. The first-order valence-corrected chi connectivity index (χ1v) is 10.9. The fourth-order valence-electron chi connectivity index (χ4n) is 3.72. The Kier molecular flexibility index (Phi) is 10.5. The summed E-state index contributed by atoms with van der Waals surface area (Å²) in [6.07, 6.45) is 5.68. The molecule has 0 bridgehead atoms. The summed E-state index contributed by atoms with van der Waals surface area (Å²) in [6.45, 7) is -1.24. The van der Waals surface area contributed by atoms with E-state index in [0.29, 0.717) is 25.0 Å². The second-order valence-corrected chi connectivity index (χ2v) is 8.10. The van der Waals surface area contributed by atoms with Gasteiger partial charge in [0, 0.05) is 18.8 Å². The van der Waals surface area contributed by atoms with Gasteiger partial charge in [-0.2, -0.15) is 8.78 Å². The van der Waals surface area contributed by atoms with Crippen molar-refractivity contribution >= 4 is 11.9 Å². The number of ether oxygens (including phenoxy) is 1. The molecule has 1 aromatic rings. The van der Waals surface area contributed by atoms with Crippen LogP contribution in [0.25, 0.3) is 0 Å². The van der Waals surface area contributed by atoms with Gasteiger partial charge in [-0.05, 0) is 43.4 Å². The van der Waals surface area contributed by atoms with Crippen molar-refractivity contribution in [2.45, 2.75) is 50.2 Å². The zero-order valence-corrected chi connectivity index (χ0v) is 18.3. The lowest BCUT2D eigenvalue weighted by Gasteiger charge is -2.20. The second kappa shape index (κ2) is 13.1. The van der Waals surface area contributed by atoms with Crippen LogP contribution in [-0.2, 0) is 9.59 Å². The van der Waals surface area contributed by atoms with Crippen LogP contribution in [0.2, 0.25) is 0 Å². The zero-order valence-electron chi connectivity index (χ0n) is 18.3. The van der Waals surface area contributed by atoms with Crippen LogP contribution in [0.5, 0.6) is 5.75 Å². The number of aliphatic carboxylic acids is 1. The van der Waals surface area contributed by atoms with Gasteiger partial charge in [0.05, 0.1) is 12.2 Å². The molecule has 182 valence electrons. The summed E-state index contributed by atoms with van der Waals surface area (Å²) in [5.41, 5.74) is 0. The number of alkyl halides is 2. The Labute approximate surface area is 191 Å². The molecule has 1 aromatic carbocycles. The maximum atomic E-state index is 14.2. The smallest absolute Gasteiger partial charge is 0.322 e. The van der Waals surface area contributed by atoms with E-state index in [2.05, 4.69) is 5.32 Å². The zero-order chi connectivity index (χ0) is 24.3. The van der Waals surface area contributed by atoms with E-state index in [1.54, 1.807) is 36.4 Å². The largest absolute Gasteiger partial charge is 0.487 e. The van der Waals surface area contributed by atoms with Crippen molar-refractivity contribution in [3.05, 3.63) is 54.6 Å². The van der Waals surface area contributed by atoms with Crippen LogP contribution in [0.15, 0.2) is 54.6 Å². The van der Waals surface area contributed by atoms with Crippen molar-refractivity contribution in [1.82, 2.24) is 5.32 Å². The highest BCUT2D eigenvalue weighted by atomic mass is 19.3. The molecule has 0 heterocycles. The Morgan fingerprint density at radius 2 is 1.88 bits per heavy atom. The number of unbranched alkanes of at least 4 members (excludes halogenated alkanes) is 1. The van der Waals surface area contributed by atoms with Crippen LogP contribution in [-0.4, -0.2) is 58.5 Å². The molecule has 1 amide bonds. The van der Waals surface area contributed by atoms with Gasteiger partial charge in [0.2, 0.25) is 5.91 Å². The van der Waals surface area contributed by atoms with Crippen LogP contribution < -0.4 is 10.1 Å². The highest BCUT2D eigenvalue weighted by Gasteiger charge is 2.40. The van der Waals surface area contributed by atoms with Crippen LogP contribution >= 0.6 is 0 Å². The lowest BCUT2D eigenvalue weighted by molar-refractivity contribution is -0.137. The predicted molar refractivity (Wildman–Crippen MR) is 118 cm³/mol. The number of para-hydroxylation sites is 1. The van der Waals surface area contributed by atoms with Gasteiger partial charge >= 0.3 is 5.97 Å². The molecule has 4 N–H and O–H groups in total. The number of benzene rings is 1. The average Bonchev–Trinajstić information content (AvgIpc) is 3.04. The highest BCUT2D eigenvalue weighted by Crippen LogP contribution is 2.37. The van der Waals surface area contributed by atoms with Gasteiger partial charge in [-0.15, -0.1) is 0 Å². The summed E-state index contributed by atoms with van der Waals surface area (Å²) in [7, 11) is 0. The minimum atomic E-state index is -3.23. The first-order chi connectivity index (χ1) is 15.7. The molecule has 0 unspecified atom stereocenters. The van der Waals surface area contributed by atoms with E-state index in [-0.39, 0.29) is 18.7 Å². The molecule has 0 aromatic heterocycles. The molecule has 0 radical (unpaired) electrons. The molecule has 0 saturated heterocycles. The molecule has 33 heavy (non-hydrogen) atoms. The summed E-state index contributed by atoms with van der Waals surface area (Å²) in [5, 5.41) is 31.3. The first kappa shape index (κ1) is 26.5.